The Morgan fingerprint density at radius 1 is 1.00 bits per heavy atom. The number of carbonyl (C=O) groups is 2. The van der Waals surface area contributed by atoms with Crippen LogP contribution in [-0.4, -0.2) is 24.5 Å². The van der Waals surface area contributed by atoms with Gasteiger partial charge in [0.05, 0.1) is 12.6 Å². The van der Waals surface area contributed by atoms with Crippen molar-refractivity contribution >= 4 is 28.9 Å². The summed E-state index contributed by atoms with van der Waals surface area (Å²) in [6, 6.07) is 12.9. The third kappa shape index (κ3) is 6.33. The maximum Gasteiger partial charge on any atom is 0.243 e. The lowest BCUT2D eigenvalue weighted by atomic mass is 10.1. The van der Waals surface area contributed by atoms with Crippen LogP contribution in [0.5, 0.6) is 5.75 Å². The number of anilines is 3. The third-order valence-electron chi connectivity index (χ3n) is 3.86. The summed E-state index contributed by atoms with van der Waals surface area (Å²) in [5.41, 5.74) is 3.00. The van der Waals surface area contributed by atoms with E-state index >= 15 is 0 Å². The van der Waals surface area contributed by atoms with E-state index in [4.69, 9.17) is 4.74 Å². The molecule has 3 N–H and O–H groups in total. The van der Waals surface area contributed by atoms with E-state index in [2.05, 4.69) is 16.0 Å². The van der Waals surface area contributed by atoms with Gasteiger partial charge in [-0.05, 0) is 50.6 Å². The van der Waals surface area contributed by atoms with Gasteiger partial charge in [0.2, 0.25) is 11.8 Å². The van der Waals surface area contributed by atoms with Crippen molar-refractivity contribution < 1.29 is 14.3 Å². The molecule has 0 saturated carbocycles. The highest BCUT2D eigenvalue weighted by atomic mass is 16.5. The van der Waals surface area contributed by atoms with Crippen molar-refractivity contribution in [3.8, 4) is 5.75 Å². The second-order valence-electron chi connectivity index (χ2n) is 6.48. The average molecular weight is 369 g/mol. The smallest absolute Gasteiger partial charge is 0.243 e. The molecule has 6 heteroatoms. The van der Waals surface area contributed by atoms with E-state index < -0.39 is 0 Å². The van der Waals surface area contributed by atoms with Crippen LogP contribution in [0.15, 0.2) is 42.5 Å². The molecular weight excluding hydrogens is 342 g/mol. The molecule has 0 bridgehead atoms. The minimum Gasteiger partial charge on any atom is -0.491 e. The molecule has 0 aliphatic rings. The van der Waals surface area contributed by atoms with Gasteiger partial charge in [-0.1, -0.05) is 19.1 Å². The fraction of sp³-hybridized carbons (Fsp3) is 0.333. The highest BCUT2D eigenvalue weighted by Gasteiger charge is 2.09. The molecule has 6 nitrogen and oxygen atoms in total. The standard InChI is InChI=1S/C21H27N3O3/c1-5-20(25)23-18-10-7-11-19(15(18)4)24-21(26)13-22-16-8-6-9-17(12-16)27-14(2)3/h6-12,14,22H,5,13H2,1-4H3,(H,23,25)(H,24,26). The Kier molecular flexibility index (Phi) is 7.23. The summed E-state index contributed by atoms with van der Waals surface area (Å²) < 4.78 is 5.65. The quantitative estimate of drug-likeness (QED) is 0.652. The lowest BCUT2D eigenvalue weighted by Gasteiger charge is -2.14. The number of benzene rings is 2. The average Bonchev–Trinajstić information content (AvgIpc) is 2.63. The molecular formula is C21H27N3O3. The molecule has 2 aromatic carbocycles. The lowest BCUT2D eigenvalue weighted by Crippen LogP contribution is -2.22. The van der Waals surface area contributed by atoms with Gasteiger partial charge in [-0.2, -0.15) is 0 Å². The van der Waals surface area contributed by atoms with Crippen molar-refractivity contribution in [2.75, 3.05) is 22.5 Å². The van der Waals surface area contributed by atoms with Crippen LogP contribution in [0.25, 0.3) is 0 Å². The number of hydrogen-bond acceptors (Lipinski definition) is 4. The van der Waals surface area contributed by atoms with E-state index in [9.17, 15) is 9.59 Å². The molecule has 2 rings (SSSR count). The summed E-state index contributed by atoms with van der Waals surface area (Å²) in [4.78, 5) is 23.9. The second-order valence-corrected chi connectivity index (χ2v) is 6.48. The minimum atomic E-state index is -0.174. The number of rotatable bonds is 8. The highest BCUT2D eigenvalue weighted by molar-refractivity contribution is 5.97. The van der Waals surface area contributed by atoms with E-state index in [1.54, 1.807) is 13.0 Å². The summed E-state index contributed by atoms with van der Waals surface area (Å²) >= 11 is 0. The highest BCUT2D eigenvalue weighted by Crippen LogP contribution is 2.23. The molecule has 0 fully saturated rings. The van der Waals surface area contributed by atoms with Gasteiger partial charge < -0.3 is 20.7 Å². The Bertz CT molecular complexity index is 803. The molecule has 27 heavy (non-hydrogen) atoms. The van der Waals surface area contributed by atoms with Crippen LogP contribution in [0, 0.1) is 6.92 Å². The first-order chi connectivity index (χ1) is 12.9. The van der Waals surface area contributed by atoms with E-state index in [-0.39, 0.29) is 24.5 Å². The van der Waals surface area contributed by atoms with Crippen LogP contribution < -0.4 is 20.7 Å². The SMILES string of the molecule is CCC(=O)Nc1cccc(NC(=O)CNc2cccc(OC(C)C)c2)c1C. The summed E-state index contributed by atoms with van der Waals surface area (Å²) in [5.74, 6) is 0.518. The Morgan fingerprint density at radius 2 is 1.63 bits per heavy atom. The van der Waals surface area contributed by atoms with Crippen molar-refractivity contribution in [3.63, 3.8) is 0 Å². The topological polar surface area (TPSA) is 79.5 Å². The van der Waals surface area contributed by atoms with E-state index in [1.807, 2.05) is 57.2 Å². The predicted molar refractivity (Wildman–Crippen MR) is 109 cm³/mol. The van der Waals surface area contributed by atoms with Crippen LogP contribution >= 0.6 is 0 Å². The zero-order valence-corrected chi connectivity index (χ0v) is 16.3. The fourth-order valence-corrected chi connectivity index (χ4v) is 2.47. The Hall–Kier alpha value is -3.02. The van der Waals surface area contributed by atoms with Crippen LogP contribution in [0.3, 0.4) is 0 Å². The molecule has 0 radical (unpaired) electrons. The van der Waals surface area contributed by atoms with E-state index in [0.717, 1.165) is 17.0 Å². The summed E-state index contributed by atoms with van der Waals surface area (Å²) in [6.07, 6.45) is 0.492. The molecule has 0 spiro atoms. The molecule has 0 saturated heterocycles. The van der Waals surface area contributed by atoms with Crippen molar-refractivity contribution in [2.45, 2.75) is 40.2 Å². The molecule has 2 amide bonds. The van der Waals surface area contributed by atoms with E-state index in [1.165, 1.54) is 0 Å². The van der Waals surface area contributed by atoms with Crippen molar-refractivity contribution in [3.05, 3.63) is 48.0 Å². The fourth-order valence-electron chi connectivity index (χ4n) is 2.47. The van der Waals surface area contributed by atoms with Crippen LogP contribution in [0.2, 0.25) is 0 Å². The number of carbonyl (C=O) groups excluding carboxylic acids is 2. The summed E-state index contributed by atoms with van der Waals surface area (Å²) in [6.45, 7) is 7.71. The van der Waals surface area contributed by atoms with Gasteiger partial charge in [0, 0.05) is 29.5 Å². The van der Waals surface area contributed by atoms with Gasteiger partial charge in [0.25, 0.3) is 0 Å². The summed E-state index contributed by atoms with van der Waals surface area (Å²) in [7, 11) is 0. The molecule has 0 unspecified atom stereocenters. The summed E-state index contributed by atoms with van der Waals surface area (Å²) in [5, 5.41) is 8.80. The largest absolute Gasteiger partial charge is 0.491 e. The molecule has 0 aliphatic carbocycles. The second kappa shape index (κ2) is 9.62. The van der Waals surface area contributed by atoms with Gasteiger partial charge in [-0.15, -0.1) is 0 Å². The predicted octanol–water partition coefficient (Wildman–Crippen LogP) is 4.18. The van der Waals surface area contributed by atoms with Gasteiger partial charge in [0.15, 0.2) is 0 Å². The maximum absolute atomic E-state index is 12.3. The molecule has 144 valence electrons. The monoisotopic (exact) mass is 369 g/mol. The number of ether oxygens (including phenoxy) is 1. The lowest BCUT2D eigenvalue weighted by molar-refractivity contribution is -0.116. The molecule has 0 atom stereocenters. The van der Waals surface area contributed by atoms with Gasteiger partial charge in [-0.25, -0.2) is 0 Å². The van der Waals surface area contributed by atoms with Crippen LogP contribution in [0.4, 0.5) is 17.1 Å². The number of amides is 2. The minimum absolute atomic E-state index is 0.0632. The van der Waals surface area contributed by atoms with Crippen molar-refractivity contribution in [1.82, 2.24) is 0 Å². The van der Waals surface area contributed by atoms with Gasteiger partial charge in [0.1, 0.15) is 5.75 Å². The molecule has 2 aromatic rings. The Balaban J connectivity index is 1.96. The molecule has 0 aliphatic heterocycles. The zero-order chi connectivity index (χ0) is 19.8. The van der Waals surface area contributed by atoms with Crippen LogP contribution in [-0.2, 0) is 9.59 Å². The van der Waals surface area contributed by atoms with Crippen LogP contribution in [0.1, 0.15) is 32.8 Å². The first-order valence-corrected chi connectivity index (χ1v) is 9.09. The molecule has 0 heterocycles. The normalized spacial score (nSPS) is 10.4. The maximum atomic E-state index is 12.3. The molecule has 0 aromatic heterocycles. The van der Waals surface area contributed by atoms with Gasteiger partial charge in [-0.3, -0.25) is 9.59 Å². The Labute approximate surface area is 160 Å². The third-order valence-corrected chi connectivity index (χ3v) is 3.86. The van der Waals surface area contributed by atoms with Crippen molar-refractivity contribution in [1.29, 1.82) is 0 Å². The zero-order valence-electron chi connectivity index (χ0n) is 16.3. The van der Waals surface area contributed by atoms with E-state index in [0.29, 0.717) is 17.8 Å². The Morgan fingerprint density at radius 3 is 2.26 bits per heavy atom. The first-order valence-electron chi connectivity index (χ1n) is 9.09. The van der Waals surface area contributed by atoms with Gasteiger partial charge >= 0.3 is 0 Å². The number of hydrogen-bond donors (Lipinski definition) is 3. The van der Waals surface area contributed by atoms with Crippen molar-refractivity contribution in [2.24, 2.45) is 0 Å². The first kappa shape index (κ1) is 20.3. The number of nitrogens with one attached hydrogen (secondary N) is 3.